The molecule has 0 saturated heterocycles. The summed E-state index contributed by atoms with van der Waals surface area (Å²) in [7, 11) is 3.24. The van der Waals surface area contributed by atoms with E-state index < -0.39 is 0 Å². The number of thiazole rings is 1. The summed E-state index contributed by atoms with van der Waals surface area (Å²) in [6.45, 7) is 0. The molecular formula is C14H15BrN2O2S. The minimum Gasteiger partial charge on any atom is -0.493 e. The topological polar surface area (TPSA) is 57.4 Å². The standard InChI is InChI=1S/C14H15BrN2O2S/c1-18-10-5-8(9(15)6-11(10)19-2)12-13(16)20-14(17-12)7-3-4-7/h5-7H,3-4,16H2,1-2H3. The summed E-state index contributed by atoms with van der Waals surface area (Å²) in [5, 5.41) is 1.89. The van der Waals surface area contributed by atoms with Crippen molar-refractivity contribution >= 4 is 32.3 Å². The Labute approximate surface area is 130 Å². The number of nitrogens with zero attached hydrogens (tertiary/aromatic N) is 1. The number of nitrogen functional groups attached to an aromatic ring is 1. The molecule has 2 aromatic rings. The molecule has 0 spiro atoms. The van der Waals surface area contributed by atoms with Crippen molar-refractivity contribution in [2.45, 2.75) is 18.8 Å². The van der Waals surface area contributed by atoms with Crippen LogP contribution in [0.4, 0.5) is 5.00 Å². The molecule has 106 valence electrons. The maximum Gasteiger partial charge on any atom is 0.161 e. The Morgan fingerprint density at radius 2 is 1.90 bits per heavy atom. The van der Waals surface area contributed by atoms with Crippen LogP contribution in [-0.2, 0) is 0 Å². The first-order valence-electron chi connectivity index (χ1n) is 6.32. The smallest absolute Gasteiger partial charge is 0.161 e. The Kier molecular flexibility index (Phi) is 3.60. The molecular weight excluding hydrogens is 340 g/mol. The highest BCUT2D eigenvalue weighted by Crippen LogP contribution is 2.47. The monoisotopic (exact) mass is 354 g/mol. The van der Waals surface area contributed by atoms with Gasteiger partial charge >= 0.3 is 0 Å². The maximum absolute atomic E-state index is 6.13. The highest BCUT2D eigenvalue weighted by molar-refractivity contribution is 9.10. The van der Waals surface area contributed by atoms with Gasteiger partial charge in [0.05, 0.1) is 19.2 Å². The van der Waals surface area contributed by atoms with E-state index in [-0.39, 0.29) is 0 Å². The van der Waals surface area contributed by atoms with Gasteiger partial charge in [0.15, 0.2) is 11.5 Å². The van der Waals surface area contributed by atoms with E-state index in [0.29, 0.717) is 17.4 Å². The van der Waals surface area contributed by atoms with E-state index in [1.54, 1.807) is 25.6 Å². The summed E-state index contributed by atoms with van der Waals surface area (Å²) in [6.07, 6.45) is 2.44. The van der Waals surface area contributed by atoms with Crippen LogP contribution in [0.3, 0.4) is 0 Å². The second-order valence-corrected chi connectivity index (χ2v) is 6.64. The van der Waals surface area contributed by atoms with Crippen LogP contribution in [0.5, 0.6) is 11.5 Å². The number of halogens is 1. The van der Waals surface area contributed by atoms with Crippen LogP contribution in [0.25, 0.3) is 11.3 Å². The van der Waals surface area contributed by atoms with Gasteiger partial charge in [0.2, 0.25) is 0 Å². The minimum absolute atomic E-state index is 0.606. The molecule has 1 aromatic heterocycles. The molecule has 0 unspecified atom stereocenters. The van der Waals surface area contributed by atoms with Gasteiger partial charge in [-0.2, -0.15) is 0 Å². The predicted octanol–water partition coefficient (Wildman–Crippen LogP) is 4.05. The van der Waals surface area contributed by atoms with Gasteiger partial charge in [-0.05, 0) is 40.9 Å². The van der Waals surface area contributed by atoms with Crippen molar-refractivity contribution in [3.05, 3.63) is 21.6 Å². The molecule has 1 saturated carbocycles. The van der Waals surface area contributed by atoms with Gasteiger partial charge in [-0.1, -0.05) is 0 Å². The number of rotatable bonds is 4. The van der Waals surface area contributed by atoms with E-state index >= 15 is 0 Å². The minimum atomic E-state index is 0.606. The highest BCUT2D eigenvalue weighted by Gasteiger charge is 2.28. The van der Waals surface area contributed by atoms with E-state index in [2.05, 4.69) is 15.9 Å². The quantitative estimate of drug-likeness (QED) is 0.899. The molecule has 0 atom stereocenters. The van der Waals surface area contributed by atoms with Gasteiger partial charge in [0, 0.05) is 16.0 Å². The second kappa shape index (κ2) is 5.26. The van der Waals surface area contributed by atoms with E-state index in [1.807, 2.05) is 12.1 Å². The fourth-order valence-electron chi connectivity index (χ4n) is 2.08. The Bertz CT molecular complexity index is 653. The summed E-state index contributed by atoms with van der Waals surface area (Å²) >= 11 is 5.14. The first kappa shape index (κ1) is 13.7. The van der Waals surface area contributed by atoms with Crippen molar-refractivity contribution in [3.63, 3.8) is 0 Å². The lowest BCUT2D eigenvalue weighted by atomic mass is 10.1. The van der Waals surface area contributed by atoms with Crippen molar-refractivity contribution in [2.24, 2.45) is 0 Å². The first-order valence-corrected chi connectivity index (χ1v) is 7.93. The van der Waals surface area contributed by atoms with Crippen LogP contribution in [0.2, 0.25) is 0 Å². The number of hydrogen-bond acceptors (Lipinski definition) is 5. The molecule has 1 aromatic carbocycles. The first-order chi connectivity index (χ1) is 9.63. The molecule has 1 heterocycles. The number of methoxy groups -OCH3 is 2. The molecule has 0 radical (unpaired) electrons. The summed E-state index contributed by atoms with van der Waals surface area (Å²) in [5.74, 6) is 1.96. The van der Waals surface area contributed by atoms with Gasteiger partial charge in [0.1, 0.15) is 10.7 Å². The van der Waals surface area contributed by atoms with Crippen molar-refractivity contribution < 1.29 is 9.47 Å². The average molecular weight is 355 g/mol. The lowest BCUT2D eigenvalue weighted by Crippen LogP contribution is -1.93. The zero-order valence-electron chi connectivity index (χ0n) is 11.3. The number of benzene rings is 1. The second-order valence-electron chi connectivity index (χ2n) is 4.73. The third-order valence-corrected chi connectivity index (χ3v) is 5.03. The average Bonchev–Trinajstić information content (AvgIpc) is 3.22. The van der Waals surface area contributed by atoms with Gasteiger partial charge < -0.3 is 15.2 Å². The van der Waals surface area contributed by atoms with E-state index in [9.17, 15) is 0 Å². The normalized spacial score (nSPS) is 14.3. The molecule has 6 heteroatoms. The van der Waals surface area contributed by atoms with Crippen LogP contribution in [-0.4, -0.2) is 19.2 Å². The van der Waals surface area contributed by atoms with Gasteiger partial charge in [-0.15, -0.1) is 11.3 Å². The fourth-order valence-corrected chi connectivity index (χ4v) is 3.61. The third-order valence-electron chi connectivity index (χ3n) is 3.32. The fraction of sp³-hybridized carbons (Fsp3) is 0.357. The lowest BCUT2D eigenvalue weighted by Gasteiger charge is -2.11. The summed E-state index contributed by atoms with van der Waals surface area (Å²) in [5.41, 5.74) is 7.89. The number of anilines is 1. The number of hydrogen-bond donors (Lipinski definition) is 1. The maximum atomic E-state index is 6.13. The molecule has 20 heavy (non-hydrogen) atoms. The Hall–Kier alpha value is -1.27. The largest absolute Gasteiger partial charge is 0.493 e. The summed E-state index contributed by atoms with van der Waals surface area (Å²) < 4.78 is 11.5. The molecule has 2 N–H and O–H groups in total. The van der Waals surface area contributed by atoms with E-state index in [0.717, 1.165) is 25.7 Å². The molecule has 1 aliphatic rings. The number of ether oxygens (including phenoxy) is 2. The van der Waals surface area contributed by atoms with Crippen LogP contribution < -0.4 is 15.2 Å². The third kappa shape index (κ3) is 2.38. The predicted molar refractivity (Wildman–Crippen MR) is 84.7 cm³/mol. The molecule has 1 aliphatic carbocycles. The number of aromatic nitrogens is 1. The summed E-state index contributed by atoms with van der Waals surface area (Å²) in [6, 6.07) is 3.79. The molecule has 0 bridgehead atoms. The van der Waals surface area contributed by atoms with Crippen LogP contribution in [0.15, 0.2) is 16.6 Å². The van der Waals surface area contributed by atoms with Crippen LogP contribution in [0, 0.1) is 0 Å². The number of nitrogens with two attached hydrogens (primary N) is 1. The van der Waals surface area contributed by atoms with Crippen molar-refractivity contribution in [3.8, 4) is 22.8 Å². The van der Waals surface area contributed by atoms with Gasteiger partial charge in [-0.3, -0.25) is 0 Å². The van der Waals surface area contributed by atoms with Crippen LogP contribution in [0.1, 0.15) is 23.8 Å². The van der Waals surface area contributed by atoms with Gasteiger partial charge in [-0.25, -0.2) is 4.98 Å². The van der Waals surface area contributed by atoms with Crippen molar-refractivity contribution in [1.82, 2.24) is 4.98 Å². The zero-order valence-corrected chi connectivity index (χ0v) is 13.7. The molecule has 4 nitrogen and oxygen atoms in total. The molecule has 1 fully saturated rings. The molecule has 0 amide bonds. The Morgan fingerprint density at radius 1 is 1.25 bits per heavy atom. The zero-order chi connectivity index (χ0) is 14.3. The SMILES string of the molecule is COc1cc(Br)c(-c2nc(C3CC3)sc2N)cc1OC. The van der Waals surface area contributed by atoms with Crippen molar-refractivity contribution in [1.29, 1.82) is 0 Å². The molecule has 3 rings (SSSR count). The Morgan fingerprint density at radius 3 is 2.50 bits per heavy atom. The van der Waals surface area contributed by atoms with Gasteiger partial charge in [0.25, 0.3) is 0 Å². The van der Waals surface area contributed by atoms with Crippen LogP contribution >= 0.6 is 27.3 Å². The lowest BCUT2D eigenvalue weighted by molar-refractivity contribution is 0.355. The summed E-state index contributed by atoms with van der Waals surface area (Å²) in [4.78, 5) is 4.70. The Balaban J connectivity index is 2.09. The molecule has 0 aliphatic heterocycles. The van der Waals surface area contributed by atoms with Crippen molar-refractivity contribution in [2.75, 3.05) is 20.0 Å². The van der Waals surface area contributed by atoms with E-state index in [1.165, 1.54) is 12.8 Å². The highest BCUT2D eigenvalue weighted by atomic mass is 79.9. The van der Waals surface area contributed by atoms with E-state index in [4.69, 9.17) is 20.2 Å².